The molecule has 3 nitrogen and oxygen atoms in total. The highest BCUT2D eigenvalue weighted by molar-refractivity contribution is 6.34. The lowest BCUT2D eigenvalue weighted by molar-refractivity contribution is -0.127. The first-order valence-electron chi connectivity index (χ1n) is 6.47. The summed E-state index contributed by atoms with van der Waals surface area (Å²) in [5.41, 5.74) is 0.991. The third kappa shape index (κ3) is 4.10. The molecule has 5 heteroatoms. The Kier molecular flexibility index (Phi) is 5.08. The molecule has 1 amide bonds. The molecule has 0 heterocycles. The summed E-state index contributed by atoms with van der Waals surface area (Å²) in [7, 11) is 0. The van der Waals surface area contributed by atoms with E-state index in [1.165, 1.54) is 0 Å². The van der Waals surface area contributed by atoms with E-state index < -0.39 is 6.10 Å². The molecule has 0 aliphatic heterocycles. The van der Waals surface area contributed by atoms with Gasteiger partial charge in [-0.05, 0) is 49.4 Å². The van der Waals surface area contributed by atoms with Gasteiger partial charge in [0.2, 0.25) is 5.91 Å². The van der Waals surface area contributed by atoms with Gasteiger partial charge in [-0.2, -0.15) is 0 Å². The van der Waals surface area contributed by atoms with Crippen LogP contribution in [0.3, 0.4) is 0 Å². The smallest absolute Gasteiger partial charge is 0.225 e. The molecule has 1 aromatic carbocycles. The quantitative estimate of drug-likeness (QED) is 0.898. The summed E-state index contributed by atoms with van der Waals surface area (Å²) in [4.78, 5) is 11.9. The maximum atomic E-state index is 11.9. The molecule has 0 aromatic heterocycles. The number of rotatable bonds is 4. The largest absolute Gasteiger partial charge is 0.392 e. The van der Waals surface area contributed by atoms with E-state index in [-0.39, 0.29) is 11.8 Å². The number of hydrogen-bond donors (Lipinski definition) is 2. The van der Waals surface area contributed by atoms with E-state index in [1.807, 2.05) is 12.1 Å². The van der Waals surface area contributed by atoms with E-state index in [0.29, 0.717) is 23.0 Å². The molecule has 0 saturated heterocycles. The number of nitrogens with one attached hydrogen (secondary N) is 1. The van der Waals surface area contributed by atoms with Crippen LogP contribution < -0.4 is 5.32 Å². The van der Waals surface area contributed by atoms with Gasteiger partial charge in [0, 0.05) is 16.6 Å². The number of benzene rings is 1. The van der Waals surface area contributed by atoms with E-state index in [4.69, 9.17) is 23.2 Å². The van der Waals surface area contributed by atoms with E-state index in [2.05, 4.69) is 5.32 Å². The lowest BCUT2D eigenvalue weighted by Crippen LogP contribution is -2.35. The Morgan fingerprint density at radius 3 is 2.53 bits per heavy atom. The van der Waals surface area contributed by atoms with Crippen molar-refractivity contribution < 1.29 is 9.90 Å². The third-order valence-electron chi connectivity index (χ3n) is 3.45. The highest BCUT2D eigenvalue weighted by atomic mass is 35.5. The molecule has 104 valence electrons. The van der Waals surface area contributed by atoms with E-state index >= 15 is 0 Å². The average molecular weight is 302 g/mol. The monoisotopic (exact) mass is 301 g/mol. The highest BCUT2D eigenvalue weighted by Gasteiger charge is 2.30. The summed E-state index contributed by atoms with van der Waals surface area (Å²) >= 11 is 11.8. The van der Waals surface area contributed by atoms with Crippen molar-refractivity contribution in [3.63, 3.8) is 0 Å². The van der Waals surface area contributed by atoms with Crippen LogP contribution in [-0.2, 0) is 11.2 Å². The molecule has 2 rings (SSSR count). The van der Waals surface area contributed by atoms with Gasteiger partial charge in [-0.25, -0.2) is 0 Å². The lowest BCUT2D eigenvalue weighted by Gasteiger charge is -2.14. The molecule has 1 saturated carbocycles. The second-order valence-electron chi connectivity index (χ2n) is 4.92. The van der Waals surface area contributed by atoms with E-state index in [0.717, 1.165) is 24.8 Å². The summed E-state index contributed by atoms with van der Waals surface area (Å²) < 4.78 is 0. The first-order valence-corrected chi connectivity index (χ1v) is 7.22. The molecule has 0 radical (unpaired) electrons. The summed E-state index contributed by atoms with van der Waals surface area (Å²) in [6, 6.07) is 5.36. The van der Waals surface area contributed by atoms with Crippen molar-refractivity contribution in [2.45, 2.75) is 31.8 Å². The fraction of sp³-hybridized carbons (Fsp3) is 0.500. The molecule has 1 fully saturated rings. The number of aliphatic hydroxyl groups is 1. The van der Waals surface area contributed by atoms with Crippen LogP contribution in [0.1, 0.15) is 24.8 Å². The molecule has 2 unspecified atom stereocenters. The van der Waals surface area contributed by atoms with Gasteiger partial charge >= 0.3 is 0 Å². The van der Waals surface area contributed by atoms with Gasteiger partial charge in [-0.3, -0.25) is 4.79 Å². The number of carbonyl (C=O) groups is 1. The van der Waals surface area contributed by atoms with Gasteiger partial charge in [0.25, 0.3) is 0 Å². The SMILES string of the molecule is O=C(NCCc1cc(Cl)cc(Cl)c1)C1CCCC1O. The minimum atomic E-state index is -0.486. The van der Waals surface area contributed by atoms with Crippen LogP contribution in [0.25, 0.3) is 0 Å². The van der Waals surface area contributed by atoms with Crippen LogP contribution >= 0.6 is 23.2 Å². The Balaban J connectivity index is 1.81. The van der Waals surface area contributed by atoms with Crippen LogP contribution in [-0.4, -0.2) is 23.7 Å². The Morgan fingerprint density at radius 1 is 1.26 bits per heavy atom. The normalized spacial score (nSPS) is 22.5. The second kappa shape index (κ2) is 6.60. The summed E-state index contributed by atoms with van der Waals surface area (Å²) in [5.74, 6) is -0.305. The van der Waals surface area contributed by atoms with Crippen molar-refractivity contribution in [3.05, 3.63) is 33.8 Å². The van der Waals surface area contributed by atoms with Gasteiger partial charge in [0.05, 0.1) is 12.0 Å². The molecule has 2 N–H and O–H groups in total. The molecule has 19 heavy (non-hydrogen) atoms. The zero-order valence-electron chi connectivity index (χ0n) is 10.5. The molecule has 1 aliphatic rings. The van der Waals surface area contributed by atoms with Gasteiger partial charge < -0.3 is 10.4 Å². The van der Waals surface area contributed by atoms with Crippen LogP contribution in [0.5, 0.6) is 0 Å². The molecule has 1 aliphatic carbocycles. The van der Waals surface area contributed by atoms with Crippen LogP contribution in [0.2, 0.25) is 10.0 Å². The van der Waals surface area contributed by atoms with Gasteiger partial charge in [-0.15, -0.1) is 0 Å². The minimum Gasteiger partial charge on any atom is -0.392 e. The zero-order valence-corrected chi connectivity index (χ0v) is 12.0. The fourth-order valence-corrected chi connectivity index (χ4v) is 3.03. The lowest BCUT2D eigenvalue weighted by atomic mass is 10.1. The highest BCUT2D eigenvalue weighted by Crippen LogP contribution is 2.25. The minimum absolute atomic E-state index is 0.0573. The Hall–Kier alpha value is -0.770. The number of carbonyl (C=O) groups excluding carboxylic acids is 1. The second-order valence-corrected chi connectivity index (χ2v) is 5.80. The van der Waals surface area contributed by atoms with E-state index in [1.54, 1.807) is 6.07 Å². The van der Waals surface area contributed by atoms with Crippen molar-refractivity contribution in [1.82, 2.24) is 5.32 Å². The van der Waals surface area contributed by atoms with Crippen molar-refractivity contribution in [3.8, 4) is 0 Å². The molecule has 1 aromatic rings. The van der Waals surface area contributed by atoms with Crippen LogP contribution in [0.15, 0.2) is 18.2 Å². The predicted octanol–water partition coefficient (Wildman–Crippen LogP) is 2.81. The number of halogens is 2. The maximum absolute atomic E-state index is 11.9. The van der Waals surface area contributed by atoms with Crippen LogP contribution in [0.4, 0.5) is 0 Å². The molecular formula is C14H17Cl2NO2. The number of amides is 1. The molecular weight excluding hydrogens is 285 g/mol. The van der Waals surface area contributed by atoms with Crippen molar-refractivity contribution in [2.75, 3.05) is 6.54 Å². The average Bonchev–Trinajstić information content (AvgIpc) is 2.74. The van der Waals surface area contributed by atoms with E-state index in [9.17, 15) is 9.90 Å². The topological polar surface area (TPSA) is 49.3 Å². The number of hydrogen-bond acceptors (Lipinski definition) is 2. The van der Waals surface area contributed by atoms with Crippen LogP contribution in [0, 0.1) is 5.92 Å². The standard InChI is InChI=1S/C14H17Cl2NO2/c15-10-6-9(7-11(16)8-10)4-5-17-14(19)12-2-1-3-13(12)18/h6-8,12-13,18H,1-5H2,(H,17,19). The molecule has 2 atom stereocenters. The van der Waals surface area contributed by atoms with Gasteiger partial charge in [0.15, 0.2) is 0 Å². The molecule has 0 spiro atoms. The maximum Gasteiger partial charge on any atom is 0.225 e. The fourth-order valence-electron chi connectivity index (χ4n) is 2.46. The third-order valence-corrected chi connectivity index (χ3v) is 3.89. The van der Waals surface area contributed by atoms with Crippen molar-refractivity contribution >= 4 is 29.1 Å². The predicted molar refractivity (Wildman–Crippen MR) is 76.5 cm³/mol. The van der Waals surface area contributed by atoms with Crippen molar-refractivity contribution in [2.24, 2.45) is 5.92 Å². The summed E-state index contributed by atoms with van der Waals surface area (Å²) in [5, 5.41) is 13.7. The Morgan fingerprint density at radius 2 is 1.95 bits per heavy atom. The molecule has 0 bridgehead atoms. The zero-order chi connectivity index (χ0) is 13.8. The first kappa shape index (κ1) is 14.6. The Labute approximate surface area is 122 Å². The Bertz CT molecular complexity index is 445. The summed E-state index contributed by atoms with van der Waals surface area (Å²) in [6.45, 7) is 0.527. The van der Waals surface area contributed by atoms with Gasteiger partial charge in [-0.1, -0.05) is 23.2 Å². The summed E-state index contributed by atoms with van der Waals surface area (Å²) in [6.07, 6.45) is 2.61. The number of aliphatic hydroxyl groups excluding tert-OH is 1. The van der Waals surface area contributed by atoms with Crippen molar-refractivity contribution in [1.29, 1.82) is 0 Å². The van der Waals surface area contributed by atoms with Gasteiger partial charge in [0.1, 0.15) is 0 Å². The first-order chi connectivity index (χ1) is 9.06.